The highest BCUT2D eigenvalue weighted by Crippen LogP contribution is 2.33. The van der Waals surface area contributed by atoms with Crippen LogP contribution in [-0.2, 0) is 5.41 Å². The Bertz CT molecular complexity index is 735. The van der Waals surface area contributed by atoms with Crippen molar-refractivity contribution in [3.63, 3.8) is 0 Å². The minimum absolute atomic E-state index is 0.265. The highest BCUT2D eigenvalue weighted by molar-refractivity contribution is 9.10. The van der Waals surface area contributed by atoms with Crippen molar-refractivity contribution >= 4 is 15.9 Å². The zero-order valence-electron chi connectivity index (χ0n) is 12.3. The maximum absolute atomic E-state index is 14.2. The van der Waals surface area contributed by atoms with E-state index in [-0.39, 0.29) is 11.0 Å². The van der Waals surface area contributed by atoms with E-state index in [2.05, 4.69) is 26.1 Å². The van der Waals surface area contributed by atoms with E-state index in [1.54, 1.807) is 12.1 Å². The molecule has 0 saturated carbocycles. The summed E-state index contributed by atoms with van der Waals surface area (Å²) in [7, 11) is 1.47. The molecule has 1 heterocycles. The fraction of sp³-hybridized carbons (Fsp3) is 0.333. The van der Waals surface area contributed by atoms with E-state index >= 15 is 0 Å². The third-order valence-corrected chi connectivity index (χ3v) is 3.75. The molecule has 0 atom stereocenters. The second-order valence-electron chi connectivity index (χ2n) is 5.71. The third-order valence-electron chi connectivity index (χ3n) is 3.13. The van der Waals surface area contributed by atoms with E-state index in [9.17, 15) is 9.18 Å². The zero-order valence-corrected chi connectivity index (χ0v) is 13.8. The number of rotatable bonds is 2. The number of benzene rings is 1. The van der Waals surface area contributed by atoms with Gasteiger partial charge in [0.1, 0.15) is 11.6 Å². The first-order valence-electron chi connectivity index (χ1n) is 6.37. The van der Waals surface area contributed by atoms with Gasteiger partial charge in [-0.2, -0.15) is 5.10 Å². The van der Waals surface area contributed by atoms with Crippen LogP contribution in [0.5, 0.6) is 5.75 Å². The predicted octanol–water partition coefficient (Wildman–Crippen LogP) is 3.64. The summed E-state index contributed by atoms with van der Waals surface area (Å²) in [5.41, 5.74) is 0.605. The van der Waals surface area contributed by atoms with Crippen molar-refractivity contribution in [2.24, 2.45) is 0 Å². The standard InChI is InChI=1S/C15H16BrFN2O2/c1-15(2,3)9-6-12(18-19-14(9)20)8-5-10(16)13(21-4)7-11(8)17/h5-7H,1-4H3,(H,19,20). The van der Waals surface area contributed by atoms with Crippen LogP contribution in [0.2, 0.25) is 0 Å². The van der Waals surface area contributed by atoms with Crippen LogP contribution < -0.4 is 10.3 Å². The van der Waals surface area contributed by atoms with Crippen LogP contribution >= 0.6 is 15.9 Å². The molecule has 0 fully saturated rings. The minimum atomic E-state index is -0.463. The van der Waals surface area contributed by atoms with Crippen LogP contribution in [0.25, 0.3) is 11.3 Å². The monoisotopic (exact) mass is 354 g/mol. The third kappa shape index (κ3) is 3.15. The molecule has 0 unspecified atom stereocenters. The van der Waals surface area contributed by atoms with Crippen LogP contribution in [0.3, 0.4) is 0 Å². The molecule has 0 amide bonds. The molecule has 0 saturated heterocycles. The van der Waals surface area contributed by atoms with Gasteiger partial charge in [-0.05, 0) is 33.5 Å². The lowest BCUT2D eigenvalue weighted by Crippen LogP contribution is -2.25. The first-order valence-corrected chi connectivity index (χ1v) is 7.17. The van der Waals surface area contributed by atoms with E-state index in [4.69, 9.17) is 4.74 Å². The average molecular weight is 355 g/mol. The summed E-state index contributed by atoms with van der Waals surface area (Å²) in [5.74, 6) is -0.0637. The summed E-state index contributed by atoms with van der Waals surface area (Å²) in [5, 5.41) is 6.37. The molecule has 2 aromatic rings. The fourth-order valence-corrected chi connectivity index (χ4v) is 2.49. The molecule has 0 aliphatic rings. The van der Waals surface area contributed by atoms with E-state index in [1.165, 1.54) is 13.2 Å². The smallest absolute Gasteiger partial charge is 0.267 e. The van der Waals surface area contributed by atoms with Crippen LogP contribution in [0.1, 0.15) is 26.3 Å². The molecule has 6 heteroatoms. The van der Waals surface area contributed by atoms with E-state index in [0.29, 0.717) is 27.0 Å². The van der Waals surface area contributed by atoms with E-state index in [0.717, 1.165) is 0 Å². The summed E-state index contributed by atoms with van der Waals surface area (Å²) >= 11 is 3.32. The van der Waals surface area contributed by atoms with Crippen molar-refractivity contribution < 1.29 is 9.13 Å². The molecule has 21 heavy (non-hydrogen) atoms. The Morgan fingerprint density at radius 2 is 1.95 bits per heavy atom. The van der Waals surface area contributed by atoms with Gasteiger partial charge in [-0.15, -0.1) is 0 Å². The summed E-state index contributed by atoms with van der Waals surface area (Å²) in [6, 6.07) is 4.49. The second-order valence-corrected chi connectivity index (χ2v) is 6.57. The summed E-state index contributed by atoms with van der Waals surface area (Å²) < 4.78 is 19.9. The Morgan fingerprint density at radius 3 is 2.52 bits per heavy atom. The van der Waals surface area contributed by atoms with Gasteiger partial charge in [-0.3, -0.25) is 4.79 Å². The van der Waals surface area contributed by atoms with Crippen molar-refractivity contribution in [1.29, 1.82) is 0 Å². The van der Waals surface area contributed by atoms with Gasteiger partial charge in [-0.1, -0.05) is 20.8 Å². The van der Waals surface area contributed by atoms with Gasteiger partial charge < -0.3 is 4.74 Å². The number of ether oxygens (including phenoxy) is 1. The van der Waals surface area contributed by atoms with Crippen LogP contribution in [-0.4, -0.2) is 17.3 Å². The Hall–Kier alpha value is -1.69. The number of halogens is 2. The molecule has 0 spiro atoms. The van der Waals surface area contributed by atoms with Crippen molar-refractivity contribution in [1.82, 2.24) is 10.2 Å². The number of nitrogens with one attached hydrogen (secondary N) is 1. The quantitative estimate of drug-likeness (QED) is 0.895. The lowest BCUT2D eigenvalue weighted by molar-refractivity contribution is 0.409. The highest BCUT2D eigenvalue weighted by Gasteiger charge is 2.20. The Labute approximate surface area is 130 Å². The van der Waals surface area contributed by atoms with Gasteiger partial charge in [0.15, 0.2) is 0 Å². The Balaban J connectivity index is 2.63. The van der Waals surface area contributed by atoms with Gasteiger partial charge in [0.2, 0.25) is 0 Å². The number of hydrogen-bond donors (Lipinski definition) is 1. The molecule has 0 radical (unpaired) electrons. The molecule has 0 aliphatic heterocycles. The second kappa shape index (κ2) is 5.60. The SMILES string of the molecule is COc1cc(F)c(-c2cc(C(C)(C)C)c(=O)[nH]n2)cc1Br. The number of hydrogen-bond acceptors (Lipinski definition) is 3. The van der Waals surface area contributed by atoms with Gasteiger partial charge >= 0.3 is 0 Å². The first-order chi connectivity index (χ1) is 9.74. The van der Waals surface area contributed by atoms with Crippen molar-refractivity contribution in [3.05, 3.63) is 44.4 Å². The molecular formula is C15H16BrFN2O2. The molecule has 0 aliphatic carbocycles. The maximum atomic E-state index is 14.2. The normalized spacial score (nSPS) is 11.5. The molecule has 4 nitrogen and oxygen atoms in total. The lowest BCUT2D eigenvalue weighted by Gasteiger charge is -2.18. The zero-order chi connectivity index (χ0) is 15.8. The van der Waals surface area contributed by atoms with Gasteiger partial charge in [0.25, 0.3) is 5.56 Å². The molecular weight excluding hydrogens is 339 g/mol. The van der Waals surface area contributed by atoms with Crippen LogP contribution in [0.4, 0.5) is 4.39 Å². The number of aromatic nitrogens is 2. The molecule has 112 valence electrons. The van der Waals surface area contributed by atoms with Crippen molar-refractivity contribution in [2.75, 3.05) is 7.11 Å². The number of nitrogens with zero attached hydrogens (tertiary/aromatic N) is 1. The number of methoxy groups -OCH3 is 1. The largest absolute Gasteiger partial charge is 0.495 e. The lowest BCUT2D eigenvalue weighted by atomic mass is 9.87. The van der Waals surface area contributed by atoms with E-state index in [1.807, 2.05) is 20.8 Å². The van der Waals surface area contributed by atoms with Crippen LogP contribution in [0.15, 0.2) is 27.5 Å². The van der Waals surface area contributed by atoms with Gasteiger partial charge in [-0.25, -0.2) is 9.49 Å². The predicted molar refractivity (Wildman–Crippen MR) is 83.2 cm³/mol. The topological polar surface area (TPSA) is 55.0 Å². The van der Waals surface area contributed by atoms with Gasteiger partial charge in [0, 0.05) is 17.2 Å². The summed E-state index contributed by atoms with van der Waals surface area (Å²) in [6.45, 7) is 5.75. The minimum Gasteiger partial charge on any atom is -0.495 e. The molecule has 0 bridgehead atoms. The Kier molecular flexibility index (Phi) is 4.18. The average Bonchev–Trinajstić information content (AvgIpc) is 2.40. The first kappa shape index (κ1) is 15.7. The van der Waals surface area contributed by atoms with Gasteiger partial charge in [0.05, 0.1) is 17.3 Å². The summed E-state index contributed by atoms with van der Waals surface area (Å²) in [4.78, 5) is 11.9. The van der Waals surface area contributed by atoms with E-state index < -0.39 is 5.82 Å². The number of H-pyrrole nitrogens is 1. The van der Waals surface area contributed by atoms with Crippen molar-refractivity contribution in [3.8, 4) is 17.0 Å². The Morgan fingerprint density at radius 1 is 1.29 bits per heavy atom. The fourth-order valence-electron chi connectivity index (χ4n) is 1.98. The number of aromatic amines is 1. The molecule has 1 aromatic heterocycles. The van der Waals surface area contributed by atoms with Crippen LogP contribution in [0, 0.1) is 5.82 Å². The highest BCUT2D eigenvalue weighted by atomic mass is 79.9. The van der Waals surface area contributed by atoms with Crippen molar-refractivity contribution in [2.45, 2.75) is 26.2 Å². The summed E-state index contributed by atoms with van der Waals surface area (Å²) in [6.07, 6.45) is 0. The maximum Gasteiger partial charge on any atom is 0.267 e. The molecule has 1 aromatic carbocycles. The molecule has 1 N–H and O–H groups in total. The molecule has 2 rings (SSSR count).